The van der Waals surface area contributed by atoms with Crippen molar-refractivity contribution in [3.8, 4) is 0 Å². The number of rotatable bonds is 8. The minimum atomic E-state index is -3.03. The molecule has 1 rings (SSSR count). The number of hydrogen-bond acceptors (Lipinski definition) is 4. The molecule has 1 aliphatic carbocycles. The first-order valence-corrected chi connectivity index (χ1v) is 8.58. The van der Waals surface area contributed by atoms with Gasteiger partial charge in [-0.1, -0.05) is 13.0 Å². The molecule has 5 heteroatoms. The van der Waals surface area contributed by atoms with Crippen LogP contribution in [-0.4, -0.2) is 25.2 Å². The van der Waals surface area contributed by atoms with Gasteiger partial charge in [0.15, 0.2) is 5.78 Å². The Labute approximate surface area is 115 Å². The fraction of sp³-hybridized carbons (Fsp3) is 0.643. The van der Waals surface area contributed by atoms with E-state index in [1.807, 2.05) is 13.0 Å². The summed E-state index contributed by atoms with van der Waals surface area (Å²) in [6.45, 7) is 6.37. The molecule has 0 N–H and O–H groups in total. The van der Waals surface area contributed by atoms with Crippen molar-refractivity contribution >= 4 is 13.4 Å². The van der Waals surface area contributed by atoms with Crippen LogP contribution in [0.1, 0.15) is 40.0 Å². The second-order valence-electron chi connectivity index (χ2n) is 4.35. The molecule has 0 atom stereocenters. The lowest BCUT2D eigenvalue weighted by Crippen LogP contribution is -1.99. The van der Waals surface area contributed by atoms with Gasteiger partial charge in [-0.3, -0.25) is 9.36 Å². The van der Waals surface area contributed by atoms with Gasteiger partial charge in [0.1, 0.15) is 0 Å². The molecule has 0 heterocycles. The van der Waals surface area contributed by atoms with Gasteiger partial charge in [0.25, 0.3) is 0 Å². The van der Waals surface area contributed by atoms with E-state index in [-0.39, 0.29) is 11.9 Å². The Morgan fingerprint density at radius 3 is 2.32 bits per heavy atom. The summed E-state index contributed by atoms with van der Waals surface area (Å²) < 4.78 is 22.8. The lowest BCUT2D eigenvalue weighted by atomic mass is 10.0. The Morgan fingerprint density at radius 1 is 1.26 bits per heavy atom. The molecule has 0 unspecified atom stereocenters. The molecule has 0 spiro atoms. The molecule has 108 valence electrons. The number of allylic oxidation sites excluding steroid dienone is 4. The Balaban J connectivity index is 2.78. The van der Waals surface area contributed by atoms with Crippen LogP contribution in [0.25, 0.3) is 0 Å². The molecule has 4 nitrogen and oxygen atoms in total. The van der Waals surface area contributed by atoms with Crippen molar-refractivity contribution in [3.63, 3.8) is 0 Å². The van der Waals surface area contributed by atoms with Crippen LogP contribution in [-0.2, 0) is 18.4 Å². The number of carbonyl (C=O) groups is 1. The zero-order valence-corrected chi connectivity index (χ0v) is 12.9. The van der Waals surface area contributed by atoms with Gasteiger partial charge in [0.05, 0.1) is 19.4 Å². The van der Waals surface area contributed by atoms with E-state index in [1.165, 1.54) is 0 Å². The maximum Gasteiger partial charge on any atom is 0.334 e. The standard InChI is InChI=1S/C14H23O4P/c1-4-12(13-7-8-14(15)11-13)9-10-19(16,17-5-2)18-6-3/h9,11H,4-8,10H2,1-3H3/b12-9+. The van der Waals surface area contributed by atoms with Crippen LogP contribution in [0.2, 0.25) is 0 Å². The molecule has 0 aromatic rings. The molecule has 0 saturated heterocycles. The maximum atomic E-state index is 12.3. The van der Waals surface area contributed by atoms with Crippen molar-refractivity contribution < 1.29 is 18.4 Å². The largest absolute Gasteiger partial charge is 0.334 e. The van der Waals surface area contributed by atoms with Crippen LogP contribution >= 0.6 is 7.60 Å². The van der Waals surface area contributed by atoms with E-state index in [9.17, 15) is 9.36 Å². The van der Waals surface area contributed by atoms with Crippen LogP contribution in [0.3, 0.4) is 0 Å². The Morgan fingerprint density at radius 2 is 1.89 bits per heavy atom. The van der Waals surface area contributed by atoms with Crippen molar-refractivity contribution in [3.05, 3.63) is 23.3 Å². The van der Waals surface area contributed by atoms with Gasteiger partial charge in [-0.05, 0) is 43.9 Å². The molecule has 0 bridgehead atoms. The average Bonchev–Trinajstić information content (AvgIpc) is 2.77. The topological polar surface area (TPSA) is 52.6 Å². The van der Waals surface area contributed by atoms with Gasteiger partial charge in [0.2, 0.25) is 0 Å². The first kappa shape index (κ1) is 16.4. The summed E-state index contributed by atoms with van der Waals surface area (Å²) in [6, 6.07) is 0. The van der Waals surface area contributed by atoms with E-state index in [2.05, 4.69) is 0 Å². The SMILES string of the molecule is CCOP(=O)(C/C=C(\CC)C1=CC(=O)CC1)OCC. The zero-order valence-electron chi connectivity index (χ0n) is 12.0. The van der Waals surface area contributed by atoms with Crippen molar-refractivity contribution in [2.24, 2.45) is 0 Å². The first-order chi connectivity index (χ1) is 9.04. The second-order valence-corrected chi connectivity index (χ2v) is 6.45. The minimum Gasteiger partial charge on any atom is -0.309 e. The number of hydrogen-bond donors (Lipinski definition) is 0. The van der Waals surface area contributed by atoms with E-state index in [0.29, 0.717) is 19.6 Å². The van der Waals surface area contributed by atoms with Gasteiger partial charge in [-0.15, -0.1) is 0 Å². The molecule has 0 amide bonds. The lowest BCUT2D eigenvalue weighted by molar-refractivity contribution is -0.114. The Kier molecular flexibility index (Phi) is 6.70. The molecule has 0 saturated carbocycles. The summed E-state index contributed by atoms with van der Waals surface area (Å²) >= 11 is 0. The summed E-state index contributed by atoms with van der Waals surface area (Å²) in [5, 5.41) is 0. The maximum absolute atomic E-state index is 12.3. The molecule has 0 aromatic heterocycles. The van der Waals surface area contributed by atoms with Crippen LogP contribution < -0.4 is 0 Å². The van der Waals surface area contributed by atoms with Gasteiger partial charge in [-0.2, -0.15) is 0 Å². The molecular formula is C14H23O4P. The number of carbonyl (C=O) groups excluding carboxylic acids is 1. The highest BCUT2D eigenvalue weighted by Gasteiger charge is 2.23. The van der Waals surface area contributed by atoms with Crippen molar-refractivity contribution in [2.45, 2.75) is 40.0 Å². The third-order valence-corrected chi connectivity index (χ3v) is 4.92. The Hall–Kier alpha value is -0.700. The van der Waals surface area contributed by atoms with Gasteiger partial charge < -0.3 is 9.05 Å². The fourth-order valence-corrected chi connectivity index (χ4v) is 3.63. The third-order valence-electron chi connectivity index (χ3n) is 2.98. The molecular weight excluding hydrogens is 263 g/mol. The van der Waals surface area contributed by atoms with Crippen LogP contribution in [0.4, 0.5) is 0 Å². The molecule has 0 fully saturated rings. The normalized spacial score (nSPS) is 16.9. The summed E-state index contributed by atoms with van der Waals surface area (Å²) in [6.07, 6.45) is 6.05. The van der Waals surface area contributed by atoms with Crippen LogP contribution in [0.5, 0.6) is 0 Å². The quantitative estimate of drug-likeness (QED) is 0.635. The van der Waals surface area contributed by atoms with E-state index < -0.39 is 7.60 Å². The molecule has 0 aliphatic heterocycles. The smallest absolute Gasteiger partial charge is 0.309 e. The van der Waals surface area contributed by atoms with E-state index in [1.54, 1.807) is 19.9 Å². The molecule has 19 heavy (non-hydrogen) atoms. The summed E-state index contributed by atoms with van der Waals surface area (Å²) in [5.41, 5.74) is 2.14. The predicted octanol–water partition coefficient (Wildman–Crippen LogP) is 3.88. The monoisotopic (exact) mass is 286 g/mol. The summed E-state index contributed by atoms with van der Waals surface area (Å²) in [4.78, 5) is 11.3. The van der Waals surface area contributed by atoms with Crippen molar-refractivity contribution in [1.29, 1.82) is 0 Å². The summed E-state index contributed by atoms with van der Waals surface area (Å²) in [5.74, 6) is 0.173. The predicted molar refractivity (Wildman–Crippen MR) is 76.4 cm³/mol. The van der Waals surface area contributed by atoms with E-state index in [4.69, 9.17) is 9.05 Å². The van der Waals surface area contributed by atoms with Gasteiger partial charge in [0, 0.05) is 6.42 Å². The second kappa shape index (κ2) is 7.78. The highest BCUT2D eigenvalue weighted by atomic mass is 31.2. The Bertz CT molecular complexity index is 413. The van der Waals surface area contributed by atoms with E-state index >= 15 is 0 Å². The van der Waals surface area contributed by atoms with Gasteiger partial charge >= 0.3 is 7.60 Å². The lowest BCUT2D eigenvalue weighted by Gasteiger charge is -2.16. The highest BCUT2D eigenvalue weighted by Crippen LogP contribution is 2.48. The molecule has 0 aromatic carbocycles. The zero-order chi connectivity index (χ0) is 14.3. The summed E-state index contributed by atoms with van der Waals surface area (Å²) in [7, 11) is -3.03. The van der Waals surface area contributed by atoms with E-state index in [0.717, 1.165) is 24.0 Å². The fourth-order valence-electron chi connectivity index (χ4n) is 2.11. The average molecular weight is 286 g/mol. The minimum absolute atomic E-state index is 0.173. The van der Waals surface area contributed by atoms with Crippen LogP contribution in [0, 0.1) is 0 Å². The van der Waals surface area contributed by atoms with Crippen molar-refractivity contribution in [1.82, 2.24) is 0 Å². The van der Waals surface area contributed by atoms with Crippen LogP contribution in [0.15, 0.2) is 23.3 Å². The van der Waals surface area contributed by atoms with Gasteiger partial charge in [-0.25, -0.2) is 0 Å². The molecule has 1 aliphatic rings. The highest BCUT2D eigenvalue weighted by molar-refractivity contribution is 7.54. The molecule has 0 radical (unpaired) electrons. The van der Waals surface area contributed by atoms with Crippen molar-refractivity contribution in [2.75, 3.05) is 19.4 Å². The first-order valence-electron chi connectivity index (χ1n) is 6.85. The number of ketones is 1. The third kappa shape index (κ3) is 5.06.